The maximum atomic E-state index is 7.00. The first-order valence-corrected chi connectivity index (χ1v) is 20.4. The molecule has 2 aliphatic heterocycles. The average Bonchev–Trinajstić information content (AvgIpc) is 3.53. The lowest BCUT2D eigenvalue weighted by Crippen LogP contribution is -2.58. The van der Waals surface area contributed by atoms with Gasteiger partial charge >= 0.3 is 0 Å². The summed E-state index contributed by atoms with van der Waals surface area (Å²) in [4.78, 5) is 4.84. The Bertz CT molecular complexity index is 2510. The maximum Gasteiger partial charge on any atom is 0.268 e. The SMILES string of the molecule is CC(C)(C)c1ccc(N(c2ccc(C(C)(C)C)cc2)c2ccc3c(c2)Oc2cccc4c2B3c2sc3ccc(C(C)(C)C)cc3c2N4c2ccccc2)cc1. The highest BCUT2D eigenvalue weighted by molar-refractivity contribution is 7.33. The molecule has 5 heteroatoms. The number of para-hydroxylation sites is 1. The predicted molar refractivity (Wildman–Crippen MR) is 238 cm³/mol. The number of hydrogen-bond donors (Lipinski definition) is 0. The van der Waals surface area contributed by atoms with E-state index in [1.165, 1.54) is 53.9 Å². The second kappa shape index (κ2) is 12.6. The van der Waals surface area contributed by atoms with Gasteiger partial charge < -0.3 is 14.5 Å². The molecular weight excluding hydrogens is 687 g/mol. The molecule has 0 atom stereocenters. The van der Waals surface area contributed by atoms with E-state index >= 15 is 0 Å². The Morgan fingerprint density at radius 3 is 1.73 bits per heavy atom. The van der Waals surface area contributed by atoms with Crippen LogP contribution in [0.15, 0.2) is 133 Å². The fourth-order valence-corrected chi connectivity index (χ4v) is 9.57. The number of hydrogen-bond acceptors (Lipinski definition) is 4. The number of fused-ring (bicyclic) bond motifs is 6. The second-order valence-corrected chi connectivity index (χ2v) is 19.4. The molecule has 2 aliphatic rings. The van der Waals surface area contributed by atoms with Crippen molar-refractivity contribution < 1.29 is 4.74 Å². The lowest BCUT2D eigenvalue weighted by Gasteiger charge is -2.39. The monoisotopic (exact) mass is 736 g/mol. The van der Waals surface area contributed by atoms with Crippen molar-refractivity contribution in [3.05, 3.63) is 150 Å². The lowest BCUT2D eigenvalue weighted by molar-refractivity contribution is 0.487. The molecule has 7 aromatic rings. The van der Waals surface area contributed by atoms with Crippen molar-refractivity contribution in [2.75, 3.05) is 9.80 Å². The summed E-state index contributed by atoms with van der Waals surface area (Å²) in [5, 5.41) is 1.31. The molecule has 0 radical (unpaired) electrons. The third kappa shape index (κ3) is 6.04. The largest absolute Gasteiger partial charge is 0.458 e. The highest BCUT2D eigenvalue weighted by Gasteiger charge is 2.44. The quantitative estimate of drug-likeness (QED) is 0.167. The van der Waals surface area contributed by atoms with Crippen LogP contribution in [0, 0.1) is 0 Å². The lowest BCUT2D eigenvalue weighted by atomic mass is 9.37. The zero-order valence-electron chi connectivity index (χ0n) is 33.5. The van der Waals surface area contributed by atoms with Crippen LogP contribution in [0.25, 0.3) is 10.1 Å². The minimum atomic E-state index is 0.0357. The van der Waals surface area contributed by atoms with Crippen molar-refractivity contribution in [1.29, 1.82) is 0 Å². The molecule has 9 rings (SSSR count). The molecule has 0 fully saturated rings. The summed E-state index contributed by atoms with van der Waals surface area (Å²) in [7, 11) is 0. The number of rotatable bonds is 4. The first-order chi connectivity index (χ1) is 26.2. The number of thiophene rings is 1. The fourth-order valence-electron chi connectivity index (χ4n) is 8.27. The summed E-state index contributed by atoms with van der Waals surface area (Å²) < 4.78 is 9.67. The zero-order valence-corrected chi connectivity index (χ0v) is 34.3. The van der Waals surface area contributed by atoms with Crippen molar-refractivity contribution in [2.24, 2.45) is 0 Å². The van der Waals surface area contributed by atoms with Gasteiger partial charge in [-0.1, -0.05) is 123 Å². The molecule has 3 heterocycles. The van der Waals surface area contributed by atoms with Gasteiger partial charge in [-0.25, -0.2) is 0 Å². The van der Waals surface area contributed by atoms with Gasteiger partial charge in [0.25, 0.3) is 6.71 Å². The van der Waals surface area contributed by atoms with E-state index in [0.717, 1.165) is 34.2 Å². The van der Waals surface area contributed by atoms with E-state index in [4.69, 9.17) is 4.74 Å². The van der Waals surface area contributed by atoms with Crippen LogP contribution in [0.5, 0.6) is 11.5 Å². The molecule has 3 nitrogen and oxygen atoms in total. The van der Waals surface area contributed by atoms with Crippen LogP contribution >= 0.6 is 11.3 Å². The molecule has 55 heavy (non-hydrogen) atoms. The van der Waals surface area contributed by atoms with Gasteiger partial charge in [-0.15, -0.1) is 11.3 Å². The van der Waals surface area contributed by atoms with Crippen LogP contribution in [0.3, 0.4) is 0 Å². The molecule has 0 saturated heterocycles. The smallest absolute Gasteiger partial charge is 0.268 e. The molecule has 0 saturated carbocycles. The number of ether oxygens (including phenoxy) is 1. The fraction of sp³-hybridized carbons (Fsp3) is 0.240. The van der Waals surface area contributed by atoms with Crippen LogP contribution in [-0.4, -0.2) is 6.71 Å². The molecule has 1 aromatic heterocycles. The van der Waals surface area contributed by atoms with E-state index in [0.29, 0.717) is 0 Å². The Hall–Kier alpha value is -5.26. The van der Waals surface area contributed by atoms with Crippen LogP contribution in [0.4, 0.5) is 34.1 Å². The third-order valence-electron chi connectivity index (χ3n) is 11.4. The molecule has 6 aromatic carbocycles. The van der Waals surface area contributed by atoms with Gasteiger partial charge in [0.05, 0.1) is 5.69 Å². The summed E-state index contributed by atoms with van der Waals surface area (Å²) in [6.07, 6.45) is 0. The summed E-state index contributed by atoms with van der Waals surface area (Å²) >= 11 is 1.92. The van der Waals surface area contributed by atoms with Crippen LogP contribution in [0.2, 0.25) is 0 Å². The van der Waals surface area contributed by atoms with E-state index in [9.17, 15) is 0 Å². The molecule has 0 unspecified atom stereocenters. The molecule has 0 aliphatic carbocycles. The summed E-state index contributed by atoms with van der Waals surface area (Å²) in [6, 6.07) is 49.5. The number of nitrogens with zero attached hydrogens (tertiary/aromatic N) is 2. The average molecular weight is 737 g/mol. The van der Waals surface area contributed by atoms with Crippen molar-refractivity contribution in [3.8, 4) is 11.5 Å². The van der Waals surface area contributed by atoms with Crippen LogP contribution in [0.1, 0.15) is 79.0 Å². The Morgan fingerprint density at radius 1 is 0.545 bits per heavy atom. The molecular formula is C50H49BN2OS. The summed E-state index contributed by atoms with van der Waals surface area (Å²) in [5.74, 6) is 1.82. The van der Waals surface area contributed by atoms with E-state index < -0.39 is 0 Å². The Morgan fingerprint density at radius 2 is 1.13 bits per heavy atom. The van der Waals surface area contributed by atoms with Gasteiger partial charge in [-0.3, -0.25) is 0 Å². The number of anilines is 6. The van der Waals surface area contributed by atoms with Gasteiger partial charge in [-0.2, -0.15) is 0 Å². The summed E-state index contributed by atoms with van der Waals surface area (Å²) in [6.45, 7) is 20.6. The van der Waals surface area contributed by atoms with Crippen molar-refractivity contribution >= 4 is 78.0 Å². The highest BCUT2D eigenvalue weighted by atomic mass is 32.1. The normalized spacial score (nSPS) is 13.6. The second-order valence-electron chi connectivity index (χ2n) is 18.3. The van der Waals surface area contributed by atoms with E-state index in [1.807, 2.05) is 11.3 Å². The first-order valence-electron chi connectivity index (χ1n) is 19.5. The van der Waals surface area contributed by atoms with Crippen LogP contribution in [-0.2, 0) is 16.2 Å². The molecule has 274 valence electrons. The molecule has 0 amide bonds. The summed E-state index contributed by atoms with van der Waals surface area (Å²) in [5.41, 5.74) is 13.5. The molecule has 0 spiro atoms. The van der Waals surface area contributed by atoms with Gasteiger partial charge in [0.2, 0.25) is 0 Å². The van der Waals surface area contributed by atoms with Gasteiger partial charge in [-0.05, 0) is 111 Å². The minimum Gasteiger partial charge on any atom is -0.458 e. The topological polar surface area (TPSA) is 15.7 Å². The van der Waals surface area contributed by atoms with Crippen molar-refractivity contribution in [1.82, 2.24) is 0 Å². The van der Waals surface area contributed by atoms with Crippen LogP contribution < -0.4 is 30.2 Å². The standard InChI is InChI=1S/C50H49BN2OS/c1-48(2,3)32-18-23-36(24-19-32)52(37-25-20-33(21-26-37)49(4,5)6)38-27-28-40-43(31-38)54-42-17-13-16-41-45(42)51(40)47-46(53(41)35-14-11-10-12-15-35)39-30-34(50(7,8)9)22-29-44(39)55-47/h10-31H,1-9H3. The Labute approximate surface area is 331 Å². The molecule has 0 N–H and O–H groups in total. The molecule has 0 bridgehead atoms. The maximum absolute atomic E-state index is 7.00. The van der Waals surface area contributed by atoms with E-state index in [1.54, 1.807) is 0 Å². The van der Waals surface area contributed by atoms with Crippen molar-refractivity contribution in [2.45, 2.75) is 78.6 Å². The Balaban J connectivity index is 1.23. The number of benzene rings is 6. The van der Waals surface area contributed by atoms with Gasteiger partial charge in [0, 0.05) is 49.4 Å². The van der Waals surface area contributed by atoms with E-state index in [-0.39, 0.29) is 23.0 Å². The van der Waals surface area contributed by atoms with Gasteiger partial charge in [0.15, 0.2) is 0 Å². The zero-order chi connectivity index (χ0) is 38.4. The third-order valence-corrected chi connectivity index (χ3v) is 12.6. The van der Waals surface area contributed by atoms with E-state index in [2.05, 4.69) is 206 Å². The Kier molecular flexibility index (Phi) is 8.15. The highest BCUT2D eigenvalue weighted by Crippen LogP contribution is 2.47. The predicted octanol–water partition coefficient (Wildman–Crippen LogP) is 12.7. The first kappa shape index (κ1) is 35.4. The van der Waals surface area contributed by atoms with Gasteiger partial charge in [0.1, 0.15) is 11.5 Å². The minimum absolute atomic E-state index is 0.0357. The van der Waals surface area contributed by atoms with Crippen molar-refractivity contribution in [3.63, 3.8) is 0 Å².